The third kappa shape index (κ3) is 3.38. The fraction of sp³-hybridized carbons (Fsp3) is 0.0769. The van der Waals surface area contributed by atoms with Crippen LogP contribution in [-0.4, -0.2) is 8.42 Å². The molecule has 0 aliphatic rings. The third-order valence-corrected chi connectivity index (χ3v) is 5.23. The van der Waals surface area contributed by atoms with Gasteiger partial charge in [0.25, 0.3) is 10.0 Å². The van der Waals surface area contributed by atoms with E-state index in [2.05, 4.69) is 36.6 Å². The van der Waals surface area contributed by atoms with Crippen molar-refractivity contribution in [3.05, 3.63) is 57.0 Å². The minimum atomic E-state index is -3.57. The molecular formula is C13H11Br2NO2S. The van der Waals surface area contributed by atoms with Gasteiger partial charge in [-0.3, -0.25) is 4.72 Å². The van der Waals surface area contributed by atoms with Gasteiger partial charge in [0.1, 0.15) is 0 Å². The maximum Gasteiger partial charge on any atom is 0.262 e. The van der Waals surface area contributed by atoms with Gasteiger partial charge in [0, 0.05) is 8.95 Å². The van der Waals surface area contributed by atoms with Crippen molar-refractivity contribution in [2.45, 2.75) is 11.8 Å². The average Bonchev–Trinajstić information content (AvgIpc) is 2.33. The Kier molecular flexibility index (Phi) is 4.32. The van der Waals surface area contributed by atoms with Gasteiger partial charge in [-0.2, -0.15) is 0 Å². The van der Waals surface area contributed by atoms with E-state index in [1.807, 2.05) is 6.07 Å². The Morgan fingerprint density at radius 3 is 2.37 bits per heavy atom. The van der Waals surface area contributed by atoms with Crippen LogP contribution in [0.5, 0.6) is 0 Å². The SMILES string of the molecule is Cc1ccccc1S(=O)(=O)Nc1ccc(Br)cc1Br. The molecule has 0 unspecified atom stereocenters. The van der Waals surface area contributed by atoms with Crippen LogP contribution in [0, 0.1) is 6.92 Å². The maximum absolute atomic E-state index is 12.3. The summed E-state index contributed by atoms with van der Waals surface area (Å²) in [6.07, 6.45) is 0. The predicted molar refractivity (Wildman–Crippen MR) is 83.8 cm³/mol. The fourth-order valence-electron chi connectivity index (χ4n) is 1.63. The minimum absolute atomic E-state index is 0.282. The quantitative estimate of drug-likeness (QED) is 0.827. The molecule has 2 rings (SSSR count). The molecule has 6 heteroatoms. The van der Waals surface area contributed by atoms with E-state index in [-0.39, 0.29) is 4.90 Å². The summed E-state index contributed by atoms with van der Waals surface area (Å²) in [7, 11) is -3.57. The number of nitrogens with one attached hydrogen (secondary N) is 1. The molecule has 2 aromatic carbocycles. The molecular weight excluding hydrogens is 394 g/mol. The Hall–Kier alpha value is -0.850. The lowest BCUT2D eigenvalue weighted by Crippen LogP contribution is -2.14. The molecule has 0 spiro atoms. The summed E-state index contributed by atoms with van der Waals surface area (Å²) in [4.78, 5) is 0.282. The van der Waals surface area contributed by atoms with Gasteiger partial charge in [-0.1, -0.05) is 34.1 Å². The first-order valence-electron chi connectivity index (χ1n) is 5.43. The number of hydrogen-bond acceptors (Lipinski definition) is 2. The van der Waals surface area contributed by atoms with Gasteiger partial charge in [-0.25, -0.2) is 8.42 Å². The van der Waals surface area contributed by atoms with E-state index in [0.717, 1.165) is 4.47 Å². The molecule has 0 saturated carbocycles. The number of anilines is 1. The van der Waals surface area contributed by atoms with E-state index in [1.165, 1.54) is 0 Å². The molecule has 0 bridgehead atoms. The second-order valence-corrected chi connectivity index (χ2v) is 7.42. The van der Waals surface area contributed by atoms with Gasteiger partial charge >= 0.3 is 0 Å². The normalized spacial score (nSPS) is 11.3. The van der Waals surface area contributed by atoms with Crippen molar-refractivity contribution in [1.82, 2.24) is 0 Å². The molecule has 0 aliphatic carbocycles. The zero-order valence-corrected chi connectivity index (χ0v) is 14.0. The molecule has 0 heterocycles. The Bertz CT molecular complexity index is 714. The van der Waals surface area contributed by atoms with Crippen molar-refractivity contribution in [2.24, 2.45) is 0 Å². The molecule has 3 nitrogen and oxygen atoms in total. The lowest BCUT2D eigenvalue weighted by atomic mass is 10.2. The Balaban J connectivity index is 2.40. The summed E-state index contributed by atoms with van der Waals surface area (Å²) in [5.41, 5.74) is 1.22. The molecule has 0 amide bonds. The highest BCUT2D eigenvalue weighted by Crippen LogP contribution is 2.28. The lowest BCUT2D eigenvalue weighted by molar-refractivity contribution is 0.600. The zero-order valence-electron chi connectivity index (χ0n) is 10.0. The van der Waals surface area contributed by atoms with E-state index in [4.69, 9.17) is 0 Å². The Labute approximate surface area is 129 Å². The third-order valence-electron chi connectivity index (χ3n) is 2.56. The van der Waals surface area contributed by atoms with Crippen LogP contribution in [0.4, 0.5) is 5.69 Å². The van der Waals surface area contributed by atoms with Gasteiger partial charge in [0.05, 0.1) is 10.6 Å². The molecule has 0 fully saturated rings. The van der Waals surface area contributed by atoms with Crippen molar-refractivity contribution in [1.29, 1.82) is 0 Å². The lowest BCUT2D eigenvalue weighted by Gasteiger charge is -2.11. The van der Waals surface area contributed by atoms with Crippen molar-refractivity contribution in [2.75, 3.05) is 4.72 Å². The van der Waals surface area contributed by atoms with Gasteiger partial charge in [-0.15, -0.1) is 0 Å². The molecule has 0 saturated heterocycles. The van der Waals surface area contributed by atoms with Crippen molar-refractivity contribution >= 4 is 47.6 Å². The summed E-state index contributed by atoms with van der Waals surface area (Å²) in [5, 5.41) is 0. The highest BCUT2D eigenvalue weighted by molar-refractivity contribution is 9.11. The predicted octanol–water partition coefficient (Wildman–Crippen LogP) is 4.32. The van der Waals surface area contributed by atoms with Crippen molar-refractivity contribution < 1.29 is 8.42 Å². The fourth-order valence-corrected chi connectivity index (χ4v) is 4.23. The second-order valence-electron chi connectivity index (χ2n) is 4.00. The molecule has 2 aromatic rings. The standard InChI is InChI=1S/C13H11Br2NO2S/c1-9-4-2-3-5-13(9)19(17,18)16-12-7-6-10(14)8-11(12)15/h2-8,16H,1H3. The topological polar surface area (TPSA) is 46.2 Å². The van der Waals surface area contributed by atoms with E-state index in [1.54, 1.807) is 43.3 Å². The number of halogens is 2. The van der Waals surface area contributed by atoms with Crippen LogP contribution in [-0.2, 0) is 10.0 Å². The minimum Gasteiger partial charge on any atom is -0.278 e. The summed E-state index contributed by atoms with van der Waals surface area (Å²) in [5.74, 6) is 0. The number of sulfonamides is 1. The van der Waals surface area contributed by atoms with E-state index >= 15 is 0 Å². The Morgan fingerprint density at radius 1 is 1.05 bits per heavy atom. The van der Waals surface area contributed by atoms with Crippen molar-refractivity contribution in [3.63, 3.8) is 0 Å². The molecule has 0 aliphatic heterocycles. The average molecular weight is 405 g/mol. The van der Waals surface area contributed by atoms with Crippen LogP contribution in [0.3, 0.4) is 0 Å². The summed E-state index contributed by atoms with van der Waals surface area (Å²) in [6.45, 7) is 1.77. The number of hydrogen-bond donors (Lipinski definition) is 1. The van der Waals surface area contributed by atoms with Crippen molar-refractivity contribution in [3.8, 4) is 0 Å². The summed E-state index contributed by atoms with van der Waals surface area (Å²) in [6, 6.07) is 12.1. The second kappa shape index (κ2) is 5.64. The smallest absolute Gasteiger partial charge is 0.262 e. The van der Waals surface area contributed by atoms with Crippen LogP contribution >= 0.6 is 31.9 Å². The highest BCUT2D eigenvalue weighted by atomic mass is 79.9. The molecule has 0 radical (unpaired) electrons. The number of rotatable bonds is 3. The van der Waals surface area contributed by atoms with Crippen LogP contribution < -0.4 is 4.72 Å². The van der Waals surface area contributed by atoms with Crippen LogP contribution in [0.15, 0.2) is 56.3 Å². The van der Waals surface area contributed by atoms with Crippen LogP contribution in [0.2, 0.25) is 0 Å². The van der Waals surface area contributed by atoms with E-state index in [9.17, 15) is 8.42 Å². The van der Waals surface area contributed by atoms with E-state index in [0.29, 0.717) is 15.7 Å². The van der Waals surface area contributed by atoms with Crippen LogP contribution in [0.25, 0.3) is 0 Å². The molecule has 0 aromatic heterocycles. The summed E-state index contributed by atoms with van der Waals surface area (Å²) >= 11 is 6.66. The van der Waals surface area contributed by atoms with Gasteiger partial charge in [0.15, 0.2) is 0 Å². The van der Waals surface area contributed by atoms with Gasteiger partial charge in [-0.05, 0) is 52.7 Å². The molecule has 19 heavy (non-hydrogen) atoms. The molecule has 100 valence electrons. The first-order chi connectivity index (χ1) is 8.90. The monoisotopic (exact) mass is 403 g/mol. The highest BCUT2D eigenvalue weighted by Gasteiger charge is 2.17. The summed E-state index contributed by atoms with van der Waals surface area (Å²) < 4.78 is 28.8. The molecule has 1 N–H and O–H groups in total. The maximum atomic E-state index is 12.3. The first kappa shape index (κ1) is 14.6. The Morgan fingerprint density at radius 2 is 1.74 bits per heavy atom. The zero-order chi connectivity index (χ0) is 14.0. The largest absolute Gasteiger partial charge is 0.278 e. The molecule has 0 atom stereocenters. The van der Waals surface area contributed by atoms with Gasteiger partial charge < -0.3 is 0 Å². The van der Waals surface area contributed by atoms with E-state index < -0.39 is 10.0 Å². The number of benzene rings is 2. The van der Waals surface area contributed by atoms with Crippen LogP contribution in [0.1, 0.15) is 5.56 Å². The van der Waals surface area contributed by atoms with Gasteiger partial charge in [0.2, 0.25) is 0 Å². The number of aryl methyl sites for hydroxylation is 1. The first-order valence-corrected chi connectivity index (χ1v) is 8.50.